The SMILES string of the molecule is CN(C)C(C#N)C=NC(=O)OC(C)(C)C. The van der Waals surface area contributed by atoms with Gasteiger partial charge in [0, 0.05) is 6.21 Å². The summed E-state index contributed by atoms with van der Waals surface area (Å²) in [5.74, 6) is 0. The Bertz CT molecular complexity index is 284. The Kier molecular flexibility index (Phi) is 4.95. The zero-order valence-corrected chi connectivity index (χ0v) is 9.81. The van der Waals surface area contributed by atoms with Gasteiger partial charge >= 0.3 is 6.09 Å². The number of nitrogens with zero attached hydrogens (tertiary/aromatic N) is 3. The highest BCUT2D eigenvalue weighted by Gasteiger charge is 2.15. The Morgan fingerprint density at radius 3 is 2.40 bits per heavy atom. The van der Waals surface area contributed by atoms with Crippen molar-refractivity contribution < 1.29 is 9.53 Å². The van der Waals surface area contributed by atoms with Crippen LogP contribution in [0.1, 0.15) is 20.8 Å². The van der Waals surface area contributed by atoms with E-state index in [0.29, 0.717) is 0 Å². The molecule has 1 unspecified atom stereocenters. The molecular formula is C10H17N3O2. The number of hydrogen-bond acceptors (Lipinski definition) is 4. The number of hydrogen-bond donors (Lipinski definition) is 0. The van der Waals surface area contributed by atoms with Gasteiger partial charge in [-0.25, -0.2) is 4.79 Å². The van der Waals surface area contributed by atoms with Gasteiger partial charge in [0.15, 0.2) is 0 Å². The van der Waals surface area contributed by atoms with Crippen molar-refractivity contribution in [3.63, 3.8) is 0 Å². The molecule has 0 aliphatic heterocycles. The van der Waals surface area contributed by atoms with Crippen LogP contribution in [0, 0.1) is 11.3 Å². The highest BCUT2D eigenvalue weighted by Crippen LogP contribution is 2.07. The van der Waals surface area contributed by atoms with Crippen LogP contribution >= 0.6 is 0 Å². The number of carbonyl (C=O) groups excluding carboxylic acids is 1. The van der Waals surface area contributed by atoms with E-state index in [1.807, 2.05) is 6.07 Å². The monoisotopic (exact) mass is 211 g/mol. The quantitative estimate of drug-likeness (QED) is 0.648. The molecule has 0 saturated carbocycles. The highest BCUT2D eigenvalue weighted by atomic mass is 16.6. The van der Waals surface area contributed by atoms with Crippen molar-refractivity contribution >= 4 is 12.3 Å². The van der Waals surface area contributed by atoms with Crippen molar-refractivity contribution in [1.82, 2.24) is 4.90 Å². The zero-order valence-electron chi connectivity index (χ0n) is 9.81. The molecule has 84 valence electrons. The lowest BCUT2D eigenvalue weighted by Gasteiger charge is -2.17. The summed E-state index contributed by atoms with van der Waals surface area (Å²) in [7, 11) is 3.46. The van der Waals surface area contributed by atoms with Crippen LogP contribution in [0.3, 0.4) is 0 Å². The third-order valence-electron chi connectivity index (χ3n) is 1.40. The van der Waals surface area contributed by atoms with Crippen LogP contribution in [0.15, 0.2) is 4.99 Å². The summed E-state index contributed by atoms with van der Waals surface area (Å²) in [4.78, 5) is 16.4. The third-order valence-corrected chi connectivity index (χ3v) is 1.40. The number of aliphatic imine (C=N–C) groups is 1. The molecular weight excluding hydrogens is 194 g/mol. The maximum absolute atomic E-state index is 11.2. The van der Waals surface area contributed by atoms with Crippen molar-refractivity contribution in [3.8, 4) is 6.07 Å². The first kappa shape index (κ1) is 13.6. The van der Waals surface area contributed by atoms with Gasteiger partial charge in [-0.3, -0.25) is 4.90 Å². The fraction of sp³-hybridized carbons (Fsp3) is 0.700. The van der Waals surface area contributed by atoms with Gasteiger partial charge < -0.3 is 4.74 Å². The average molecular weight is 211 g/mol. The fourth-order valence-corrected chi connectivity index (χ4v) is 0.702. The van der Waals surface area contributed by atoms with E-state index in [1.165, 1.54) is 6.21 Å². The fourth-order valence-electron chi connectivity index (χ4n) is 0.702. The molecule has 0 heterocycles. The summed E-state index contributed by atoms with van der Waals surface area (Å²) in [5.41, 5.74) is -0.561. The van der Waals surface area contributed by atoms with Gasteiger partial charge in [0.25, 0.3) is 0 Å². The van der Waals surface area contributed by atoms with Gasteiger partial charge in [0.1, 0.15) is 11.6 Å². The molecule has 0 aliphatic rings. The van der Waals surface area contributed by atoms with Crippen molar-refractivity contribution in [2.45, 2.75) is 32.4 Å². The summed E-state index contributed by atoms with van der Waals surface area (Å²) < 4.78 is 4.95. The molecule has 1 amide bonds. The standard InChI is InChI=1S/C10H17N3O2/c1-10(2,3)15-9(14)12-7-8(6-11)13(4)5/h7-8H,1-5H3. The summed E-state index contributed by atoms with van der Waals surface area (Å²) in [6, 6.07) is 1.47. The molecule has 15 heavy (non-hydrogen) atoms. The number of nitriles is 1. The zero-order chi connectivity index (χ0) is 12.1. The average Bonchev–Trinajstić information content (AvgIpc) is 2.01. The molecule has 5 heteroatoms. The molecule has 0 spiro atoms. The number of ether oxygens (including phenoxy) is 1. The predicted octanol–water partition coefficient (Wildman–Crippen LogP) is 1.45. The number of amides is 1. The van der Waals surface area contributed by atoms with Crippen LogP contribution in [0.4, 0.5) is 4.79 Å². The Balaban J connectivity index is 4.29. The molecule has 0 aromatic carbocycles. The second-order valence-electron chi connectivity index (χ2n) is 4.30. The number of carbonyl (C=O) groups is 1. The Morgan fingerprint density at radius 2 is 2.07 bits per heavy atom. The van der Waals surface area contributed by atoms with E-state index in [0.717, 1.165) is 0 Å². The maximum atomic E-state index is 11.2. The van der Waals surface area contributed by atoms with Crippen LogP contribution < -0.4 is 0 Å². The lowest BCUT2D eigenvalue weighted by molar-refractivity contribution is 0.0604. The lowest BCUT2D eigenvalue weighted by Crippen LogP contribution is -2.28. The molecule has 5 nitrogen and oxygen atoms in total. The molecule has 0 aromatic heterocycles. The Morgan fingerprint density at radius 1 is 1.53 bits per heavy atom. The first-order valence-electron chi connectivity index (χ1n) is 4.59. The predicted molar refractivity (Wildman–Crippen MR) is 57.8 cm³/mol. The van der Waals surface area contributed by atoms with Crippen LogP contribution in [0.5, 0.6) is 0 Å². The maximum Gasteiger partial charge on any atom is 0.433 e. The van der Waals surface area contributed by atoms with Crippen LogP contribution in [0.2, 0.25) is 0 Å². The normalized spacial score (nSPS) is 13.9. The van der Waals surface area contributed by atoms with E-state index in [1.54, 1.807) is 39.8 Å². The second-order valence-corrected chi connectivity index (χ2v) is 4.30. The summed E-state index contributed by atoms with van der Waals surface area (Å²) >= 11 is 0. The van der Waals surface area contributed by atoms with E-state index in [9.17, 15) is 4.79 Å². The van der Waals surface area contributed by atoms with E-state index in [2.05, 4.69) is 4.99 Å². The van der Waals surface area contributed by atoms with Gasteiger partial charge in [-0.15, -0.1) is 0 Å². The molecule has 0 bridgehead atoms. The van der Waals surface area contributed by atoms with Crippen LogP contribution in [-0.2, 0) is 4.74 Å². The van der Waals surface area contributed by atoms with Crippen molar-refractivity contribution in [3.05, 3.63) is 0 Å². The minimum atomic E-state index is -0.676. The van der Waals surface area contributed by atoms with Gasteiger partial charge in [0.2, 0.25) is 0 Å². The molecule has 1 atom stereocenters. The second kappa shape index (κ2) is 5.47. The lowest BCUT2D eigenvalue weighted by atomic mass is 10.2. The minimum absolute atomic E-state index is 0.516. The minimum Gasteiger partial charge on any atom is -0.442 e. The molecule has 0 radical (unpaired) electrons. The van der Waals surface area contributed by atoms with Gasteiger partial charge in [0.05, 0.1) is 6.07 Å². The molecule has 0 aromatic rings. The largest absolute Gasteiger partial charge is 0.442 e. The van der Waals surface area contributed by atoms with E-state index >= 15 is 0 Å². The topological polar surface area (TPSA) is 65.7 Å². The van der Waals surface area contributed by atoms with Crippen molar-refractivity contribution in [2.24, 2.45) is 4.99 Å². The Labute approximate surface area is 90.3 Å². The third kappa shape index (κ3) is 6.63. The van der Waals surface area contributed by atoms with Gasteiger partial charge in [-0.1, -0.05) is 0 Å². The summed E-state index contributed by atoms with van der Waals surface area (Å²) in [5, 5.41) is 8.71. The molecule has 0 aliphatic carbocycles. The first-order valence-corrected chi connectivity index (χ1v) is 4.59. The smallest absolute Gasteiger partial charge is 0.433 e. The highest BCUT2D eigenvalue weighted by molar-refractivity contribution is 5.83. The van der Waals surface area contributed by atoms with Gasteiger partial charge in [-0.05, 0) is 34.9 Å². The van der Waals surface area contributed by atoms with Crippen LogP contribution in [-0.4, -0.2) is 42.9 Å². The van der Waals surface area contributed by atoms with E-state index in [4.69, 9.17) is 10.00 Å². The summed E-state index contributed by atoms with van der Waals surface area (Å²) in [6.07, 6.45) is 0.596. The van der Waals surface area contributed by atoms with Crippen molar-refractivity contribution in [2.75, 3.05) is 14.1 Å². The number of rotatable bonds is 2. The molecule has 0 saturated heterocycles. The van der Waals surface area contributed by atoms with Gasteiger partial charge in [-0.2, -0.15) is 10.3 Å². The molecule has 0 N–H and O–H groups in total. The van der Waals surface area contributed by atoms with E-state index < -0.39 is 17.7 Å². The first-order chi connectivity index (χ1) is 6.76. The van der Waals surface area contributed by atoms with Crippen LogP contribution in [0.25, 0.3) is 0 Å². The Hall–Kier alpha value is -1.41. The van der Waals surface area contributed by atoms with Crippen molar-refractivity contribution in [1.29, 1.82) is 5.26 Å². The molecule has 0 fully saturated rings. The molecule has 0 rings (SSSR count). The van der Waals surface area contributed by atoms with E-state index in [-0.39, 0.29) is 0 Å². The summed E-state index contributed by atoms with van der Waals surface area (Å²) in [6.45, 7) is 5.27.